The van der Waals surface area contributed by atoms with E-state index in [1.165, 1.54) is 0 Å². The van der Waals surface area contributed by atoms with Crippen LogP contribution in [0.1, 0.15) is 31.4 Å². The van der Waals surface area contributed by atoms with E-state index in [1.54, 1.807) is 7.11 Å². The Kier molecular flexibility index (Phi) is 7.83. The number of carbonyl (C=O) groups is 1. The number of methoxy groups -OCH3 is 1. The number of ether oxygens (including phenoxy) is 1. The first-order valence-corrected chi connectivity index (χ1v) is 8.13. The molecule has 1 aliphatic rings. The predicted molar refractivity (Wildman–Crippen MR) is 94.4 cm³/mol. The molecule has 1 unspecified atom stereocenters. The highest BCUT2D eigenvalue weighted by molar-refractivity contribution is 9.10. The Morgan fingerprint density at radius 3 is 2.73 bits per heavy atom. The molecule has 1 atom stereocenters. The second-order valence-electron chi connectivity index (χ2n) is 5.71. The van der Waals surface area contributed by atoms with Gasteiger partial charge in [-0.1, -0.05) is 28.1 Å². The van der Waals surface area contributed by atoms with E-state index < -0.39 is 5.41 Å². The molecule has 4 nitrogen and oxygen atoms in total. The van der Waals surface area contributed by atoms with Crippen LogP contribution >= 0.6 is 28.3 Å². The van der Waals surface area contributed by atoms with Crippen LogP contribution in [-0.2, 0) is 9.53 Å². The molecular formula is C16H24BrClN2O2. The van der Waals surface area contributed by atoms with Gasteiger partial charge in [0.15, 0.2) is 0 Å². The van der Waals surface area contributed by atoms with Crippen LogP contribution in [0.2, 0.25) is 0 Å². The molecule has 0 bridgehead atoms. The zero-order chi connectivity index (χ0) is 15.3. The largest absolute Gasteiger partial charge is 0.384 e. The molecule has 2 rings (SSSR count). The van der Waals surface area contributed by atoms with Crippen molar-refractivity contribution in [1.29, 1.82) is 0 Å². The molecule has 0 spiro atoms. The quantitative estimate of drug-likeness (QED) is 0.811. The summed E-state index contributed by atoms with van der Waals surface area (Å²) < 4.78 is 6.34. The second kappa shape index (κ2) is 8.87. The molecule has 1 amide bonds. The molecule has 0 aliphatic carbocycles. The van der Waals surface area contributed by atoms with Gasteiger partial charge < -0.3 is 15.4 Å². The van der Waals surface area contributed by atoms with Crippen molar-refractivity contribution in [3.8, 4) is 0 Å². The van der Waals surface area contributed by atoms with Gasteiger partial charge in [-0.2, -0.15) is 0 Å². The van der Waals surface area contributed by atoms with Gasteiger partial charge in [0.05, 0.1) is 18.1 Å². The number of rotatable bonds is 5. The summed E-state index contributed by atoms with van der Waals surface area (Å²) in [5, 5.41) is 6.45. The number of hydrogen-bond donors (Lipinski definition) is 2. The molecule has 0 saturated carbocycles. The van der Waals surface area contributed by atoms with E-state index >= 15 is 0 Å². The summed E-state index contributed by atoms with van der Waals surface area (Å²) in [7, 11) is 1.66. The third kappa shape index (κ3) is 4.69. The van der Waals surface area contributed by atoms with E-state index in [1.807, 2.05) is 31.2 Å². The molecular weight excluding hydrogens is 368 g/mol. The number of amides is 1. The van der Waals surface area contributed by atoms with Crippen molar-refractivity contribution in [3.05, 3.63) is 34.3 Å². The predicted octanol–water partition coefficient (Wildman–Crippen LogP) is 3.06. The number of carbonyl (C=O) groups excluding carboxylic acids is 1. The van der Waals surface area contributed by atoms with Crippen molar-refractivity contribution in [2.45, 2.75) is 25.8 Å². The Balaban J connectivity index is 0.00000242. The van der Waals surface area contributed by atoms with Gasteiger partial charge in [0.2, 0.25) is 5.91 Å². The van der Waals surface area contributed by atoms with Gasteiger partial charge in [-0.3, -0.25) is 4.79 Å². The minimum Gasteiger partial charge on any atom is -0.384 e. The minimum atomic E-state index is -0.403. The molecule has 1 saturated heterocycles. The lowest BCUT2D eigenvalue weighted by atomic mass is 9.78. The van der Waals surface area contributed by atoms with Crippen LogP contribution in [0.3, 0.4) is 0 Å². The molecule has 1 aromatic rings. The first kappa shape index (κ1) is 19.4. The van der Waals surface area contributed by atoms with Crippen LogP contribution in [-0.4, -0.2) is 32.7 Å². The van der Waals surface area contributed by atoms with Crippen molar-refractivity contribution < 1.29 is 9.53 Å². The Labute approximate surface area is 146 Å². The number of nitrogens with one attached hydrogen (secondary N) is 2. The SMILES string of the molecule is COCC1(C(=O)NC(C)c2cccc(Br)c2)CCNCC1.Cl. The van der Waals surface area contributed by atoms with Crippen LogP contribution in [0.15, 0.2) is 28.7 Å². The molecule has 1 aromatic carbocycles. The smallest absolute Gasteiger partial charge is 0.229 e. The third-order valence-corrected chi connectivity index (χ3v) is 4.65. The maximum Gasteiger partial charge on any atom is 0.229 e. The Bertz CT molecular complexity index is 487. The number of benzene rings is 1. The van der Waals surface area contributed by atoms with Gasteiger partial charge in [0, 0.05) is 11.6 Å². The lowest BCUT2D eigenvalue weighted by Gasteiger charge is -2.36. The van der Waals surface area contributed by atoms with Crippen LogP contribution in [0.5, 0.6) is 0 Å². The van der Waals surface area contributed by atoms with Gasteiger partial charge in [0.1, 0.15) is 0 Å². The zero-order valence-corrected chi connectivity index (χ0v) is 15.4. The highest BCUT2D eigenvalue weighted by Gasteiger charge is 2.40. The van der Waals surface area contributed by atoms with Gasteiger partial charge >= 0.3 is 0 Å². The molecule has 1 fully saturated rings. The summed E-state index contributed by atoms with van der Waals surface area (Å²) in [6.45, 7) is 4.22. The van der Waals surface area contributed by atoms with E-state index in [0.29, 0.717) is 6.61 Å². The minimum absolute atomic E-state index is 0. The van der Waals surface area contributed by atoms with Crippen molar-refractivity contribution in [2.75, 3.05) is 26.8 Å². The van der Waals surface area contributed by atoms with Gasteiger partial charge in [-0.15, -0.1) is 12.4 Å². The molecule has 2 N–H and O–H groups in total. The molecule has 124 valence electrons. The Morgan fingerprint density at radius 2 is 2.14 bits per heavy atom. The maximum atomic E-state index is 12.7. The summed E-state index contributed by atoms with van der Waals surface area (Å²) in [4.78, 5) is 12.7. The van der Waals surface area contributed by atoms with Crippen molar-refractivity contribution in [2.24, 2.45) is 5.41 Å². The fourth-order valence-electron chi connectivity index (χ4n) is 2.83. The van der Waals surface area contributed by atoms with Gasteiger partial charge in [-0.25, -0.2) is 0 Å². The topological polar surface area (TPSA) is 50.4 Å². The van der Waals surface area contributed by atoms with E-state index in [9.17, 15) is 4.79 Å². The van der Waals surface area contributed by atoms with Crippen LogP contribution < -0.4 is 10.6 Å². The second-order valence-corrected chi connectivity index (χ2v) is 6.63. The van der Waals surface area contributed by atoms with Crippen LogP contribution in [0.25, 0.3) is 0 Å². The Hall–Kier alpha value is -0.620. The van der Waals surface area contributed by atoms with E-state index in [0.717, 1.165) is 36.0 Å². The van der Waals surface area contributed by atoms with E-state index in [4.69, 9.17) is 4.74 Å². The molecule has 0 aromatic heterocycles. The highest BCUT2D eigenvalue weighted by Crippen LogP contribution is 2.30. The average Bonchev–Trinajstić information content (AvgIpc) is 2.48. The first-order chi connectivity index (χ1) is 10.1. The van der Waals surface area contributed by atoms with E-state index in [2.05, 4.69) is 26.6 Å². The zero-order valence-electron chi connectivity index (χ0n) is 13.0. The summed E-state index contributed by atoms with van der Waals surface area (Å²) in [5.41, 5.74) is 0.694. The lowest BCUT2D eigenvalue weighted by molar-refractivity contribution is -0.136. The average molecular weight is 392 g/mol. The standard InChI is InChI=1S/C16H23BrN2O2.ClH/c1-12(13-4-3-5-14(17)10-13)19-15(20)16(11-21-2)6-8-18-9-7-16;/h3-5,10,12,18H,6-9,11H2,1-2H3,(H,19,20);1H. The number of hydrogen-bond acceptors (Lipinski definition) is 3. The van der Waals surface area contributed by atoms with E-state index in [-0.39, 0.29) is 24.4 Å². The highest BCUT2D eigenvalue weighted by atomic mass is 79.9. The number of piperidine rings is 1. The summed E-state index contributed by atoms with van der Waals surface area (Å²) in [6, 6.07) is 8.02. The van der Waals surface area contributed by atoms with Crippen molar-refractivity contribution in [3.63, 3.8) is 0 Å². The fraction of sp³-hybridized carbons (Fsp3) is 0.562. The molecule has 0 radical (unpaired) electrons. The van der Waals surface area contributed by atoms with Crippen LogP contribution in [0, 0.1) is 5.41 Å². The molecule has 1 heterocycles. The third-order valence-electron chi connectivity index (χ3n) is 4.16. The van der Waals surface area contributed by atoms with Crippen molar-refractivity contribution in [1.82, 2.24) is 10.6 Å². The molecule has 6 heteroatoms. The molecule has 22 heavy (non-hydrogen) atoms. The Morgan fingerprint density at radius 1 is 1.45 bits per heavy atom. The molecule has 1 aliphatic heterocycles. The monoisotopic (exact) mass is 390 g/mol. The normalized spacial score (nSPS) is 18.1. The van der Waals surface area contributed by atoms with Gasteiger partial charge in [-0.05, 0) is 50.6 Å². The summed E-state index contributed by atoms with van der Waals surface area (Å²) in [6.07, 6.45) is 1.63. The first-order valence-electron chi connectivity index (χ1n) is 7.33. The summed E-state index contributed by atoms with van der Waals surface area (Å²) >= 11 is 3.47. The van der Waals surface area contributed by atoms with Crippen LogP contribution in [0.4, 0.5) is 0 Å². The maximum absolute atomic E-state index is 12.7. The fourth-order valence-corrected chi connectivity index (χ4v) is 3.24. The lowest BCUT2D eigenvalue weighted by Crippen LogP contribution is -2.50. The number of halogens is 2. The van der Waals surface area contributed by atoms with Crippen molar-refractivity contribution >= 4 is 34.2 Å². The van der Waals surface area contributed by atoms with Gasteiger partial charge in [0.25, 0.3) is 0 Å². The summed E-state index contributed by atoms with van der Waals surface area (Å²) in [5.74, 6) is 0.0957.